The van der Waals surface area contributed by atoms with Crippen LogP contribution in [0.25, 0.3) is 0 Å². The highest BCUT2D eigenvalue weighted by atomic mass is 19.2. The number of benzene rings is 1. The number of hydrogen-bond donors (Lipinski definition) is 2. The minimum atomic E-state index is -1.16. The molecule has 0 atom stereocenters. The van der Waals surface area contributed by atoms with Crippen LogP contribution >= 0.6 is 0 Å². The van der Waals surface area contributed by atoms with E-state index in [-0.39, 0.29) is 12.1 Å². The number of nitrogens with one attached hydrogen (secondary N) is 2. The first kappa shape index (κ1) is 11.4. The molecule has 0 radical (unpaired) electrons. The predicted octanol–water partition coefficient (Wildman–Crippen LogP) is 0.971. The Morgan fingerprint density at radius 3 is 2.31 bits per heavy atom. The van der Waals surface area contributed by atoms with Crippen molar-refractivity contribution in [1.82, 2.24) is 15.5 Å². The quantitative estimate of drug-likeness (QED) is 0.743. The van der Waals surface area contributed by atoms with Crippen molar-refractivity contribution in [1.29, 1.82) is 0 Å². The fraction of sp³-hybridized carbons (Fsp3) is 0.400. The molecule has 0 unspecified atom stereocenters. The van der Waals surface area contributed by atoms with Gasteiger partial charge in [0.2, 0.25) is 0 Å². The van der Waals surface area contributed by atoms with Crippen LogP contribution in [0.5, 0.6) is 0 Å². The van der Waals surface area contributed by atoms with E-state index >= 15 is 0 Å². The van der Waals surface area contributed by atoms with Gasteiger partial charge >= 0.3 is 0 Å². The molecule has 1 fully saturated rings. The Bertz CT molecular complexity index is 378. The molecule has 0 bridgehead atoms. The fourth-order valence-electron chi connectivity index (χ4n) is 1.61. The van der Waals surface area contributed by atoms with Crippen LogP contribution in [0, 0.1) is 17.5 Å². The summed E-state index contributed by atoms with van der Waals surface area (Å²) in [4.78, 5) is 1.85. The van der Waals surface area contributed by atoms with Gasteiger partial charge in [0, 0.05) is 24.8 Å². The molecule has 0 saturated carbocycles. The van der Waals surface area contributed by atoms with Gasteiger partial charge in [0.05, 0.1) is 13.3 Å². The van der Waals surface area contributed by atoms with Crippen molar-refractivity contribution in [3.8, 4) is 0 Å². The van der Waals surface area contributed by atoms with E-state index in [0.717, 1.165) is 6.07 Å². The molecule has 0 spiro atoms. The second kappa shape index (κ2) is 4.82. The molecule has 1 saturated heterocycles. The highest BCUT2D eigenvalue weighted by molar-refractivity contribution is 5.20. The van der Waals surface area contributed by atoms with E-state index in [9.17, 15) is 13.2 Å². The standard InChI is InChI=1S/C10H12F3N3/c11-8-2-10(13)9(12)1-7(8)3-16-5-14-4-15-6-16/h1-2,14-15H,3-6H2. The monoisotopic (exact) mass is 231 g/mol. The first-order chi connectivity index (χ1) is 7.66. The maximum absolute atomic E-state index is 13.3. The molecular weight excluding hydrogens is 219 g/mol. The largest absolute Gasteiger partial charge is 0.292 e. The molecule has 3 nitrogen and oxygen atoms in total. The Hall–Kier alpha value is -1.11. The molecule has 1 aromatic rings. The Labute approximate surface area is 91.2 Å². The summed E-state index contributed by atoms with van der Waals surface area (Å²) in [7, 11) is 0. The molecule has 0 amide bonds. The van der Waals surface area contributed by atoms with Gasteiger partial charge in [-0.3, -0.25) is 15.5 Å². The summed E-state index contributed by atoms with van der Waals surface area (Å²) in [6.07, 6.45) is 0. The number of hydrogen-bond acceptors (Lipinski definition) is 3. The van der Waals surface area contributed by atoms with Crippen LogP contribution in [-0.4, -0.2) is 24.9 Å². The normalized spacial score (nSPS) is 17.7. The van der Waals surface area contributed by atoms with Gasteiger partial charge in [0.15, 0.2) is 11.6 Å². The van der Waals surface area contributed by atoms with Gasteiger partial charge in [-0.25, -0.2) is 13.2 Å². The van der Waals surface area contributed by atoms with E-state index in [1.807, 2.05) is 4.90 Å². The van der Waals surface area contributed by atoms with Gasteiger partial charge in [-0.1, -0.05) is 0 Å². The molecule has 0 aliphatic carbocycles. The molecule has 2 rings (SSSR count). The summed E-state index contributed by atoms with van der Waals surface area (Å²) in [6, 6.07) is 1.48. The van der Waals surface area contributed by atoms with Gasteiger partial charge in [0.1, 0.15) is 5.82 Å². The van der Waals surface area contributed by atoms with Crippen LogP contribution in [0.1, 0.15) is 5.56 Å². The minimum absolute atomic E-state index is 0.157. The molecule has 1 aromatic carbocycles. The smallest absolute Gasteiger partial charge is 0.161 e. The lowest BCUT2D eigenvalue weighted by Gasteiger charge is -2.28. The van der Waals surface area contributed by atoms with Gasteiger partial charge in [-0.2, -0.15) is 0 Å². The molecule has 1 heterocycles. The number of nitrogens with zero attached hydrogens (tertiary/aromatic N) is 1. The van der Waals surface area contributed by atoms with Crippen molar-refractivity contribution in [2.75, 3.05) is 20.0 Å². The highest BCUT2D eigenvalue weighted by Gasteiger charge is 2.14. The van der Waals surface area contributed by atoms with Crippen LogP contribution < -0.4 is 10.6 Å². The van der Waals surface area contributed by atoms with E-state index < -0.39 is 17.5 Å². The minimum Gasteiger partial charge on any atom is -0.292 e. The summed E-state index contributed by atoms with van der Waals surface area (Å²) < 4.78 is 38.9. The molecule has 6 heteroatoms. The van der Waals surface area contributed by atoms with Crippen molar-refractivity contribution in [3.05, 3.63) is 35.1 Å². The van der Waals surface area contributed by atoms with E-state index in [1.54, 1.807) is 0 Å². The summed E-state index contributed by atoms with van der Waals surface area (Å²) in [5, 5.41) is 6.05. The van der Waals surface area contributed by atoms with E-state index in [0.29, 0.717) is 26.1 Å². The zero-order valence-corrected chi connectivity index (χ0v) is 8.56. The lowest BCUT2D eigenvalue weighted by atomic mass is 10.2. The summed E-state index contributed by atoms with van der Waals surface area (Å²) in [5.74, 6) is -2.89. The lowest BCUT2D eigenvalue weighted by Crippen LogP contribution is -2.50. The third-order valence-corrected chi connectivity index (χ3v) is 2.40. The molecule has 2 N–H and O–H groups in total. The predicted molar refractivity (Wildman–Crippen MR) is 52.7 cm³/mol. The fourth-order valence-corrected chi connectivity index (χ4v) is 1.61. The van der Waals surface area contributed by atoms with Gasteiger partial charge in [0.25, 0.3) is 0 Å². The molecule has 1 aliphatic heterocycles. The maximum Gasteiger partial charge on any atom is 0.161 e. The zero-order chi connectivity index (χ0) is 11.5. The van der Waals surface area contributed by atoms with Gasteiger partial charge < -0.3 is 0 Å². The van der Waals surface area contributed by atoms with E-state index in [1.165, 1.54) is 0 Å². The third-order valence-electron chi connectivity index (χ3n) is 2.40. The first-order valence-corrected chi connectivity index (χ1v) is 4.94. The Kier molecular flexibility index (Phi) is 3.42. The van der Waals surface area contributed by atoms with Crippen LogP contribution in [-0.2, 0) is 6.54 Å². The second-order valence-electron chi connectivity index (χ2n) is 3.68. The Balaban J connectivity index is 2.11. The maximum atomic E-state index is 13.3. The van der Waals surface area contributed by atoms with Gasteiger partial charge in [-0.05, 0) is 6.07 Å². The summed E-state index contributed by atoms with van der Waals surface area (Å²) in [5.41, 5.74) is 0.157. The second-order valence-corrected chi connectivity index (χ2v) is 3.68. The van der Waals surface area contributed by atoms with Crippen LogP contribution in [0.2, 0.25) is 0 Å². The van der Waals surface area contributed by atoms with Gasteiger partial charge in [-0.15, -0.1) is 0 Å². The Morgan fingerprint density at radius 1 is 1.00 bits per heavy atom. The lowest BCUT2D eigenvalue weighted by molar-refractivity contribution is 0.181. The zero-order valence-electron chi connectivity index (χ0n) is 8.56. The van der Waals surface area contributed by atoms with Crippen LogP contribution in [0.4, 0.5) is 13.2 Å². The molecule has 88 valence electrons. The SMILES string of the molecule is Fc1cc(F)c(CN2CNCNC2)cc1F. The number of rotatable bonds is 2. The average Bonchev–Trinajstić information content (AvgIpc) is 2.27. The average molecular weight is 231 g/mol. The topological polar surface area (TPSA) is 27.3 Å². The number of halogens is 3. The van der Waals surface area contributed by atoms with E-state index in [2.05, 4.69) is 10.6 Å². The van der Waals surface area contributed by atoms with Crippen molar-refractivity contribution in [2.24, 2.45) is 0 Å². The molecule has 0 aromatic heterocycles. The van der Waals surface area contributed by atoms with Crippen molar-refractivity contribution < 1.29 is 13.2 Å². The van der Waals surface area contributed by atoms with Crippen LogP contribution in [0.3, 0.4) is 0 Å². The third kappa shape index (κ3) is 2.52. The molecular formula is C10H12F3N3. The summed E-state index contributed by atoms with van der Waals surface area (Å²) in [6.45, 7) is 2.11. The first-order valence-electron chi connectivity index (χ1n) is 4.94. The van der Waals surface area contributed by atoms with E-state index in [4.69, 9.17) is 0 Å². The summed E-state index contributed by atoms with van der Waals surface area (Å²) >= 11 is 0. The molecule has 16 heavy (non-hydrogen) atoms. The van der Waals surface area contributed by atoms with Crippen molar-refractivity contribution in [2.45, 2.75) is 6.54 Å². The highest BCUT2D eigenvalue weighted by Crippen LogP contribution is 2.15. The Morgan fingerprint density at radius 2 is 1.62 bits per heavy atom. The van der Waals surface area contributed by atoms with Crippen molar-refractivity contribution in [3.63, 3.8) is 0 Å². The van der Waals surface area contributed by atoms with Crippen LogP contribution in [0.15, 0.2) is 12.1 Å². The van der Waals surface area contributed by atoms with Crippen molar-refractivity contribution >= 4 is 0 Å². The molecule has 1 aliphatic rings.